The molecule has 1 heterocycles. The summed E-state index contributed by atoms with van der Waals surface area (Å²) >= 11 is 0. The molecule has 7 heteroatoms. The number of pyridine rings is 1. The summed E-state index contributed by atoms with van der Waals surface area (Å²) in [4.78, 5) is 16.6. The van der Waals surface area contributed by atoms with Crippen LogP contribution in [-0.4, -0.2) is 25.4 Å². The number of benzene rings is 1. The summed E-state index contributed by atoms with van der Waals surface area (Å²) in [6.07, 6.45) is 8.18. The minimum atomic E-state index is -3.71. The van der Waals surface area contributed by atoms with Crippen molar-refractivity contribution in [3.05, 3.63) is 54.4 Å². The summed E-state index contributed by atoms with van der Waals surface area (Å²) in [6, 6.07) is 9.33. The van der Waals surface area contributed by atoms with Gasteiger partial charge in [-0.25, -0.2) is 8.42 Å². The van der Waals surface area contributed by atoms with E-state index in [0.29, 0.717) is 17.2 Å². The molecular weight excluding hydrogens is 374 g/mol. The van der Waals surface area contributed by atoms with Gasteiger partial charge in [-0.15, -0.1) is 0 Å². The van der Waals surface area contributed by atoms with Crippen LogP contribution in [0.2, 0.25) is 0 Å². The van der Waals surface area contributed by atoms with Gasteiger partial charge >= 0.3 is 0 Å². The standard InChI is InChI=1S/C21H25N3O3S/c1-14(20-13-15-2-3-17(20)12-15)23-21(25)16-4-6-19(7-5-16)28(26,27)24-18-8-10-22-11-9-18/h4-11,14-15,17,20H,2-3,12-13H2,1H3,(H,22,24)(H,23,25)/t14-,15-,17-,20-/m0/s1. The van der Waals surface area contributed by atoms with E-state index in [9.17, 15) is 13.2 Å². The number of sulfonamides is 1. The zero-order valence-corrected chi connectivity index (χ0v) is 16.7. The van der Waals surface area contributed by atoms with E-state index in [1.165, 1.54) is 50.2 Å². The molecule has 0 saturated heterocycles. The van der Waals surface area contributed by atoms with E-state index in [4.69, 9.17) is 0 Å². The van der Waals surface area contributed by atoms with Gasteiger partial charge in [-0.2, -0.15) is 0 Å². The van der Waals surface area contributed by atoms with Crippen molar-refractivity contribution >= 4 is 21.6 Å². The summed E-state index contributed by atoms with van der Waals surface area (Å²) in [6.45, 7) is 2.08. The van der Waals surface area contributed by atoms with Crippen LogP contribution in [0, 0.1) is 17.8 Å². The molecule has 2 bridgehead atoms. The average molecular weight is 400 g/mol. The lowest BCUT2D eigenvalue weighted by Gasteiger charge is -2.28. The van der Waals surface area contributed by atoms with Gasteiger partial charge in [-0.05, 0) is 80.3 Å². The normalized spacial score (nSPS) is 24.7. The van der Waals surface area contributed by atoms with Gasteiger partial charge in [0.25, 0.3) is 15.9 Å². The maximum absolute atomic E-state index is 12.6. The summed E-state index contributed by atoms with van der Waals surface area (Å²) in [7, 11) is -3.71. The molecule has 2 saturated carbocycles. The second-order valence-electron chi connectivity index (χ2n) is 7.97. The number of nitrogens with zero attached hydrogens (tertiary/aromatic N) is 1. The molecule has 2 N–H and O–H groups in total. The Kier molecular flexibility index (Phi) is 5.10. The first-order chi connectivity index (χ1) is 13.4. The van der Waals surface area contributed by atoms with Crippen molar-refractivity contribution in [3.8, 4) is 0 Å². The number of nitrogens with one attached hydrogen (secondary N) is 2. The second kappa shape index (κ2) is 7.54. The van der Waals surface area contributed by atoms with E-state index in [0.717, 1.165) is 11.8 Å². The van der Waals surface area contributed by atoms with E-state index in [-0.39, 0.29) is 16.8 Å². The molecular formula is C21H25N3O3S. The monoisotopic (exact) mass is 399 g/mol. The third-order valence-electron chi connectivity index (χ3n) is 6.15. The first kappa shape index (κ1) is 18.9. The zero-order valence-electron chi connectivity index (χ0n) is 15.8. The van der Waals surface area contributed by atoms with Crippen LogP contribution >= 0.6 is 0 Å². The summed E-state index contributed by atoms with van der Waals surface area (Å²) in [5, 5.41) is 3.11. The number of carbonyl (C=O) groups is 1. The van der Waals surface area contributed by atoms with Gasteiger partial charge in [0.15, 0.2) is 0 Å². The largest absolute Gasteiger partial charge is 0.349 e. The molecule has 1 aromatic carbocycles. The van der Waals surface area contributed by atoms with Gasteiger partial charge < -0.3 is 5.32 Å². The van der Waals surface area contributed by atoms with Crippen molar-refractivity contribution in [3.63, 3.8) is 0 Å². The molecule has 0 spiro atoms. The lowest BCUT2D eigenvalue weighted by molar-refractivity contribution is 0.0915. The van der Waals surface area contributed by atoms with E-state index in [1.807, 2.05) is 0 Å². The quantitative estimate of drug-likeness (QED) is 0.779. The lowest BCUT2D eigenvalue weighted by Crippen LogP contribution is -2.40. The smallest absolute Gasteiger partial charge is 0.261 e. The fraction of sp³-hybridized carbons (Fsp3) is 0.429. The maximum Gasteiger partial charge on any atom is 0.261 e. The number of carbonyl (C=O) groups excluding carboxylic acids is 1. The van der Waals surface area contributed by atoms with E-state index in [1.54, 1.807) is 24.3 Å². The molecule has 4 rings (SSSR count). The van der Waals surface area contributed by atoms with Crippen molar-refractivity contribution in [2.24, 2.45) is 17.8 Å². The number of aromatic nitrogens is 1. The molecule has 2 aromatic rings. The highest BCUT2D eigenvalue weighted by Gasteiger charge is 2.42. The molecule has 4 atom stereocenters. The van der Waals surface area contributed by atoms with Crippen LogP contribution in [-0.2, 0) is 10.0 Å². The van der Waals surface area contributed by atoms with Crippen LogP contribution in [0.3, 0.4) is 0 Å². The highest BCUT2D eigenvalue weighted by atomic mass is 32.2. The van der Waals surface area contributed by atoms with Crippen LogP contribution < -0.4 is 10.0 Å². The number of amides is 1. The van der Waals surface area contributed by atoms with Crippen molar-refractivity contribution in [1.82, 2.24) is 10.3 Å². The predicted molar refractivity (Wildman–Crippen MR) is 107 cm³/mol. The molecule has 2 fully saturated rings. The van der Waals surface area contributed by atoms with Gasteiger partial charge in [0.05, 0.1) is 10.6 Å². The number of rotatable bonds is 6. The van der Waals surface area contributed by atoms with Crippen LogP contribution in [0.1, 0.15) is 43.0 Å². The molecule has 148 valence electrons. The first-order valence-corrected chi connectivity index (χ1v) is 11.2. The lowest BCUT2D eigenvalue weighted by atomic mass is 9.84. The third-order valence-corrected chi connectivity index (χ3v) is 7.55. The van der Waals surface area contributed by atoms with Crippen LogP contribution in [0.4, 0.5) is 5.69 Å². The molecule has 28 heavy (non-hydrogen) atoms. The summed E-state index contributed by atoms with van der Waals surface area (Å²) in [5.74, 6) is 1.99. The van der Waals surface area contributed by atoms with E-state index < -0.39 is 10.0 Å². The number of anilines is 1. The van der Waals surface area contributed by atoms with Crippen molar-refractivity contribution in [1.29, 1.82) is 0 Å². The Morgan fingerprint density at radius 1 is 1.07 bits per heavy atom. The third kappa shape index (κ3) is 3.90. The van der Waals surface area contributed by atoms with Crippen molar-refractivity contribution < 1.29 is 13.2 Å². The summed E-state index contributed by atoms with van der Waals surface area (Å²) in [5.41, 5.74) is 0.911. The fourth-order valence-corrected chi connectivity index (χ4v) is 5.78. The van der Waals surface area contributed by atoms with Gasteiger partial charge in [0.2, 0.25) is 0 Å². The molecule has 6 nitrogen and oxygen atoms in total. The van der Waals surface area contributed by atoms with E-state index >= 15 is 0 Å². The Bertz CT molecular complexity index is 945. The van der Waals surface area contributed by atoms with Gasteiger partial charge in [0, 0.05) is 24.0 Å². The van der Waals surface area contributed by atoms with Crippen LogP contribution in [0.25, 0.3) is 0 Å². The molecule has 1 aromatic heterocycles. The Hall–Kier alpha value is -2.41. The first-order valence-electron chi connectivity index (χ1n) is 9.76. The highest BCUT2D eigenvalue weighted by Crippen LogP contribution is 2.49. The Morgan fingerprint density at radius 3 is 2.39 bits per heavy atom. The maximum atomic E-state index is 12.6. The Balaban J connectivity index is 1.40. The predicted octanol–water partition coefficient (Wildman–Crippen LogP) is 3.44. The number of fused-ring (bicyclic) bond motifs is 2. The minimum Gasteiger partial charge on any atom is -0.349 e. The average Bonchev–Trinajstić information content (AvgIpc) is 3.32. The molecule has 2 aliphatic rings. The number of hydrogen-bond donors (Lipinski definition) is 2. The Labute approximate surface area is 165 Å². The summed E-state index contributed by atoms with van der Waals surface area (Å²) < 4.78 is 27.5. The fourth-order valence-electron chi connectivity index (χ4n) is 4.72. The SMILES string of the molecule is C[C@H](NC(=O)c1ccc(S(=O)(=O)Nc2ccncc2)cc1)[C@@H]1C[C@H]2CC[C@H]1C2. The zero-order chi connectivity index (χ0) is 19.7. The second-order valence-corrected chi connectivity index (χ2v) is 9.65. The highest BCUT2D eigenvalue weighted by molar-refractivity contribution is 7.92. The molecule has 2 aliphatic carbocycles. The van der Waals surface area contributed by atoms with E-state index in [2.05, 4.69) is 21.9 Å². The van der Waals surface area contributed by atoms with Gasteiger partial charge in [-0.3, -0.25) is 14.5 Å². The molecule has 0 radical (unpaired) electrons. The number of hydrogen-bond acceptors (Lipinski definition) is 4. The molecule has 0 unspecified atom stereocenters. The minimum absolute atomic E-state index is 0.113. The van der Waals surface area contributed by atoms with Crippen molar-refractivity contribution in [2.45, 2.75) is 43.5 Å². The van der Waals surface area contributed by atoms with Gasteiger partial charge in [-0.1, -0.05) is 6.42 Å². The molecule has 1 amide bonds. The van der Waals surface area contributed by atoms with Crippen molar-refractivity contribution in [2.75, 3.05) is 4.72 Å². The Morgan fingerprint density at radius 2 is 1.79 bits per heavy atom. The van der Waals surface area contributed by atoms with Crippen LogP contribution in [0.5, 0.6) is 0 Å². The van der Waals surface area contributed by atoms with Crippen LogP contribution in [0.15, 0.2) is 53.7 Å². The van der Waals surface area contributed by atoms with Gasteiger partial charge in [0.1, 0.15) is 0 Å². The topological polar surface area (TPSA) is 88.2 Å². The molecule has 0 aliphatic heterocycles.